The Hall–Kier alpha value is -7.42. The van der Waals surface area contributed by atoms with Crippen molar-refractivity contribution in [3.8, 4) is 50.2 Å². The molecular weight excluding hydrogens is 713 g/mol. The molecule has 59 heavy (non-hydrogen) atoms. The maximum absolute atomic E-state index is 2.42. The highest BCUT2D eigenvalue weighted by Gasteiger charge is 2.36. The van der Waals surface area contributed by atoms with Gasteiger partial charge in [0.15, 0.2) is 0 Å². The van der Waals surface area contributed by atoms with Crippen LogP contribution in [0.15, 0.2) is 218 Å². The van der Waals surface area contributed by atoms with Crippen molar-refractivity contribution in [2.24, 2.45) is 0 Å². The van der Waals surface area contributed by atoms with Crippen LogP contribution >= 0.6 is 0 Å². The zero-order chi connectivity index (χ0) is 39.5. The van der Waals surface area contributed by atoms with Gasteiger partial charge < -0.3 is 9.47 Å². The molecule has 1 aliphatic rings. The first-order valence-corrected chi connectivity index (χ1v) is 20.5. The van der Waals surface area contributed by atoms with E-state index in [4.69, 9.17) is 0 Å². The van der Waals surface area contributed by atoms with Gasteiger partial charge in [-0.2, -0.15) is 0 Å². The summed E-state index contributed by atoms with van der Waals surface area (Å²) in [6.45, 7) is 4.75. The Morgan fingerprint density at radius 1 is 0.339 bits per heavy atom. The number of hydrogen-bond acceptors (Lipinski definition) is 1. The van der Waals surface area contributed by atoms with Crippen molar-refractivity contribution in [1.82, 2.24) is 4.57 Å². The standard InChI is InChI=1S/C57H42N2/c1-57(2)52-37-43(40-17-7-4-8-18-40)29-35-48(52)49-36-34-46(38-53(49)57)58(44-30-25-41(26-31-44)39-15-5-3-6-16-39)45-32-27-42(28-33-45)47-19-9-12-22-54(47)59-55-23-13-10-20-50(55)51-21-11-14-24-56(51)59/h3-38H,1-2H3. The summed E-state index contributed by atoms with van der Waals surface area (Å²) in [5.41, 5.74) is 19.4. The van der Waals surface area contributed by atoms with Crippen molar-refractivity contribution in [2.75, 3.05) is 4.90 Å². The third-order valence-electron chi connectivity index (χ3n) is 12.4. The number of nitrogens with zero attached hydrogens (tertiary/aromatic N) is 2. The van der Waals surface area contributed by atoms with Crippen LogP contribution in [0.1, 0.15) is 25.0 Å². The molecule has 0 radical (unpaired) electrons. The molecule has 0 fully saturated rings. The second-order valence-corrected chi connectivity index (χ2v) is 16.2. The molecule has 0 saturated carbocycles. The highest BCUT2D eigenvalue weighted by molar-refractivity contribution is 6.09. The largest absolute Gasteiger partial charge is 0.310 e. The molecular formula is C57H42N2. The number of hydrogen-bond donors (Lipinski definition) is 0. The lowest BCUT2D eigenvalue weighted by atomic mass is 9.81. The fourth-order valence-corrected chi connectivity index (χ4v) is 9.44. The molecule has 1 aliphatic carbocycles. The smallest absolute Gasteiger partial charge is 0.0541 e. The van der Waals surface area contributed by atoms with E-state index < -0.39 is 0 Å². The molecule has 0 aliphatic heterocycles. The minimum Gasteiger partial charge on any atom is -0.310 e. The van der Waals surface area contributed by atoms with Crippen LogP contribution in [0.5, 0.6) is 0 Å². The van der Waals surface area contributed by atoms with E-state index >= 15 is 0 Å². The van der Waals surface area contributed by atoms with Crippen LogP contribution in [0.3, 0.4) is 0 Å². The Bertz CT molecular complexity index is 3100. The Morgan fingerprint density at radius 3 is 1.41 bits per heavy atom. The van der Waals surface area contributed by atoms with E-state index in [1.807, 2.05) is 0 Å². The van der Waals surface area contributed by atoms with Gasteiger partial charge >= 0.3 is 0 Å². The molecule has 0 N–H and O–H groups in total. The van der Waals surface area contributed by atoms with Crippen LogP contribution in [0.25, 0.3) is 72.0 Å². The number of para-hydroxylation sites is 3. The SMILES string of the molecule is CC1(C)c2cc(-c3ccccc3)ccc2-c2ccc(N(c3ccc(-c4ccccc4)cc3)c3ccc(-c4ccccc4-n4c5ccccc5c5ccccc54)cc3)cc21. The fourth-order valence-electron chi connectivity index (χ4n) is 9.44. The van der Waals surface area contributed by atoms with Crippen molar-refractivity contribution in [2.45, 2.75) is 19.3 Å². The van der Waals surface area contributed by atoms with E-state index in [1.165, 1.54) is 83.1 Å². The summed E-state index contributed by atoms with van der Waals surface area (Å²) in [5, 5.41) is 2.53. The number of fused-ring (bicyclic) bond motifs is 6. The molecule has 0 atom stereocenters. The highest BCUT2D eigenvalue weighted by atomic mass is 15.1. The normalized spacial score (nSPS) is 12.7. The van der Waals surface area contributed by atoms with Crippen molar-refractivity contribution >= 4 is 38.9 Å². The molecule has 10 aromatic rings. The third kappa shape index (κ3) is 5.79. The summed E-state index contributed by atoms with van der Waals surface area (Å²) in [7, 11) is 0. The molecule has 0 bridgehead atoms. The van der Waals surface area contributed by atoms with Crippen LogP contribution in [-0.4, -0.2) is 4.57 Å². The van der Waals surface area contributed by atoms with Gasteiger partial charge in [-0.15, -0.1) is 0 Å². The van der Waals surface area contributed by atoms with E-state index in [9.17, 15) is 0 Å². The van der Waals surface area contributed by atoms with Crippen molar-refractivity contribution in [1.29, 1.82) is 0 Å². The molecule has 0 saturated heterocycles. The molecule has 1 heterocycles. The Balaban J connectivity index is 1.02. The summed E-state index contributed by atoms with van der Waals surface area (Å²) in [6.07, 6.45) is 0. The van der Waals surface area contributed by atoms with Crippen molar-refractivity contribution < 1.29 is 0 Å². The molecule has 0 amide bonds. The van der Waals surface area contributed by atoms with E-state index in [0.717, 1.165) is 17.1 Å². The monoisotopic (exact) mass is 754 g/mol. The lowest BCUT2D eigenvalue weighted by Gasteiger charge is -2.28. The number of aromatic nitrogens is 1. The first kappa shape index (κ1) is 34.8. The van der Waals surface area contributed by atoms with Gasteiger partial charge in [-0.25, -0.2) is 0 Å². The quantitative estimate of drug-likeness (QED) is 0.157. The molecule has 2 heteroatoms. The van der Waals surface area contributed by atoms with Gasteiger partial charge in [0, 0.05) is 38.8 Å². The highest BCUT2D eigenvalue weighted by Crippen LogP contribution is 2.52. The van der Waals surface area contributed by atoms with Crippen LogP contribution < -0.4 is 4.90 Å². The summed E-state index contributed by atoms with van der Waals surface area (Å²) >= 11 is 0. The predicted molar refractivity (Wildman–Crippen MR) is 249 cm³/mol. The van der Waals surface area contributed by atoms with Crippen molar-refractivity contribution in [3.05, 3.63) is 230 Å². The zero-order valence-corrected chi connectivity index (χ0v) is 33.2. The molecule has 11 rings (SSSR count). The van der Waals surface area contributed by atoms with Crippen LogP contribution in [0, 0.1) is 0 Å². The van der Waals surface area contributed by atoms with Crippen LogP contribution in [0.4, 0.5) is 17.1 Å². The predicted octanol–water partition coefficient (Wildman–Crippen LogP) is 15.6. The topological polar surface area (TPSA) is 8.17 Å². The number of rotatable bonds is 7. The number of benzene rings is 9. The van der Waals surface area contributed by atoms with E-state index in [0.29, 0.717) is 0 Å². The number of anilines is 3. The first-order valence-electron chi connectivity index (χ1n) is 20.5. The Kier molecular flexibility index (Phi) is 8.20. The van der Waals surface area contributed by atoms with E-state index in [-0.39, 0.29) is 5.41 Å². The van der Waals surface area contributed by atoms with Crippen LogP contribution in [0.2, 0.25) is 0 Å². The third-order valence-corrected chi connectivity index (χ3v) is 12.4. The second kappa shape index (κ2) is 13.9. The first-order chi connectivity index (χ1) is 29.0. The summed E-state index contributed by atoms with van der Waals surface area (Å²) in [4.78, 5) is 2.41. The molecule has 0 spiro atoms. The zero-order valence-electron chi connectivity index (χ0n) is 33.2. The lowest BCUT2D eigenvalue weighted by Crippen LogP contribution is -2.16. The van der Waals surface area contributed by atoms with E-state index in [2.05, 4.69) is 242 Å². The lowest BCUT2D eigenvalue weighted by molar-refractivity contribution is 0.660. The molecule has 280 valence electrons. The van der Waals surface area contributed by atoms with Gasteiger partial charge in [-0.05, 0) is 111 Å². The Labute approximate surface area is 345 Å². The summed E-state index contributed by atoms with van der Waals surface area (Å²) in [5.74, 6) is 0. The van der Waals surface area contributed by atoms with Gasteiger partial charge in [0.1, 0.15) is 0 Å². The minimum absolute atomic E-state index is 0.172. The van der Waals surface area contributed by atoms with Crippen molar-refractivity contribution in [3.63, 3.8) is 0 Å². The second-order valence-electron chi connectivity index (χ2n) is 16.2. The minimum atomic E-state index is -0.172. The van der Waals surface area contributed by atoms with Crippen LogP contribution in [-0.2, 0) is 5.41 Å². The molecule has 1 aromatic heterocycles. The maximum Gasteiger partial charge on any atom is 0.0541 e. The molecule has 2 nitrogen and oxygen atoms in total. The fraction of sp³-hybridized carbons (Fsp3) is 0.0526. The summed E-state index contributed by atoms with van der Waals surface area (Å²) < 4.78 is 2.42. The van der Waals surface area contributed by atoms with Gasteiger partial charge in [0.05, 0.1) is 16.7 Å². The maximum atomic E-state index is 2.42. The van der Waals surface area contributed by atoms with Gasteiger partial charge in [0.25, 0.3) is 0 Å². The van der Waals surface area contributed by atoms with Gasteiger partial charge in [-0.3, -0.25) is 0 Å². The van der Waals surface area contributed by atoms with E-state index in [1.54, 1.807) is 0 Å². The summed E-state index contributed by atoms with van der Waals surface area (Å²) in [6, 6.07) is 79.8. The molecule has 9 aromatic carbocycles. The van der Waals surface area contributed by atoms with Gasteiger partial charge in [0.2, 0.25) is 0 Å². The Morgan fingerprint density at radius 2 is 0.780 bits per heavy atom. The van der Waals surface area contributed by atoms with Gasteiger partial charge in [-0.1, -0.05) is 172 Å². The molecule has 0 unspecified atom stereocenters. The average molecular weight is 755 g/mol. The average Bonchev–Trinajstić information content (AvgIpc) is 3.75.